The van der Waals surface area contributed by atoms with Gasteiger partial charge in [0.2, 0.25) is 0 Å². The lowest BCUT2D eigenvalue weighted by Gasteiger charge is -2.45. The predicted molar refractivity (Wildman–Crippen MR) is 85.2 cm³/mol. The molecule has 0 radical (unpaired) electrons. The van der Waals surface area contributed by atoms with Crippen molar-refractivity contribution in [2.24, 2.45) is 5.92 Å². The molecule has 3 nitrogen and oxygen atoms in total. The molecule has 0 bridgehead atoms. The molecule has 20 heavy (non-hydrogen) atoms. The van der Waals surface area contributed by atoms with Crippen molar-refractivity contribution in [2.45, 2.75) is 77.9 Å². The van der Waals surface area contributed by atoms with Crippen LogP contribution in [0.5, 0.6) is 0 Å². The van der Waals surface area contributed by atoms with Gasteiger partial charge in [-0.3, -0.25) is 0 Å². The lowest BCUT2D eigenvalue weighted by atomic mass is 9.75. The standard InChI is InChI=1S/C17H35NO2/c1-5-12-18-16(14-19-13-6-2)17(20-7-3)10-8-15(4)9-11-17/h15-16,18H,5-14H2,1-4H3. The Kier molecular flexibility index (Phi) is 8.74. The third-order valence-corrected chi connectivity index (χ3v) is 4.46. The molecule has 0 aromatic carbocycles. The maximum atomic E-state index is 6.27. The van der Waals surface area contributed by atoms with Gasteiger partial charge in [0.15, 0.2) is 0 Å². The number of hydrogen-bond acceptors (Lipinski definition) is 3. The van der Waals surface area contributed by atoms with E-state index in [1.54, 1.807) is 0 Å². The van der Waals surface area contributed by atoms with E-state index in [2.05, 4.69) is 33.0 Å². The second kappa shape index (κ2) is 9.75. The highest BCUT2D eigenvalue weighted by atomic mass is 16.5. The second-order valence-electron chi connectivity index (χ2n) is 6.26. The zero-order valence-corrected chi connectivity index (χ0v) is 14.0. The Hall–Kier alpha value is -0.120. The number of rotatable bonds is 10. The molecule has 0 aliphatic heterocycles. The summed E-state index contributed by atoms with van der Waals surface area (Å²) in [6, 6.07) is 0.335. The van der Waals surface area contributed by atoms with Crippen LogP contribution in [0.15, 0.2) is 0 Å². The molecule has 3 heteroatoms. The summed E-state index contributed by atoms with van der Waals surface area (Å²) in [6.45, 7) is 12.3. The predicted octanol–water partition coefficient (Wildman–Crippen LogP) is 3.77. The van der Waals surface area contributed by atoms with E-state index < -0.39 is 0 Å². The fourth-order valence-electron chi connectivity index (χ4n) is 3.19. The van der Waals surface area contributed by atoms with Crippen LogP contribution in [-0.4, -0.2) is 38.0 Å². The van der Waals surface area contributed by atoms with Gasteiger partial charge in [0.05, 0.1) is 18.2 Å². The summed E-state index contributed by atoms with van der Waals surface area (Å²) in [5, 5.41) is 3.69. The smallest absolute Gasteiger partial charge is 0.0857 e. The van der Waals surface area contributed by atoms with Crippen LogP contribution in [-0.2, 0) is 9.47 Å². The third kappa shape index (κ3) is 5.34. The number of ether oxygens (including phenoxy) is 2. The van der Waals surface area contributed by atoms with Crippen molar-refractivity contribution in [3.63, 3.8) is 0 Å². The molecule has 1 atom stereocenters. The largest absolute Gasteiger partial charge is 0.380 e. The van der Waals surface area contributed by atoms with Gasteiger partial charge in [-0.2, -0.15) is 0 Å². The first-order valence-electron chi connectivity index (χ1n) is 8.63. The van der Waals surface area contributed by atoms with E-state index in [0.717, 1.165) is 45.1 Å². The molecule has 1 aliphatic rings. The van der Waals surface area contributed by atoms with Crippen molar-refractivity contribution in [3.05, 3.63) is 0 Å². The van der Waals surface area contributed by atoms with Gasteiger partial charge < -0.3 is 14.8 Å². The van der Waals surface area contributed by atoms with Crippen molar-refractivity contribution in [1.29, 1.82) is 0 Å². The first-order chi connectivity index (χ1) is 9.68. The van der Waals surface area contributed by atoms with E-state index in [9.17, 15) is 0 Å². The van der Waals surface area contributed by atoms with Gasteiger partial charge in [0, 0.05) is 13.2 Å². The summed E-state index contributed by atoms with van der Waals surface area (Å²) in [4.78, 5) is 0. The summed E-state index contributed by atoms with van der Waals surface area (Å²) >= 11 is 0. The lowest BCUT2D eigenvalue weighted by Crippen LogP contribution is -2.56. The van der Waals surface area contributed by atoms with E-state index >= 15 is 0 Å². The molecule has 0 heterocycles. The normalized spacial score (nSPS) is 28.5. The summed E-state index contributed by atoms with van der Waals surface area (Å²) < 4.78 is 12.1. The van der Waals surface area contributed by atoms with Crippen LogP contribution < -0.4 is 5.32 Å². The zero-order chi connectivity index (χ0) is 14.8. The zero-order valence-electron chi connectivity index (χ0n) is 14.0. The van der Waals surface area contributed by atoms with E-state index in [-0.39, 0.29) is 5.60 Å². The maximum absolute atomic E-state index is 6.27. The van der Waals surface area contributed by atoms with Crippen LogP contribution in [0, 0.1) is 5.92 Å². The summed E-state index contributed by atoms with van der Waals surface area (Å²) in [6.07, 6.45) is 7.12. The number of nitrogens with one attached hydrogen (secondary N) is 1. The average Bonchev–Trinajstić information content (AvgIpc) is 2.46. The van der Waals surface area contributed by atoms with Gasteiger partial charge in [0.1, 0.15) is 0 Å². The van der Waals surface area contributed by atoms with Gasteiger partial charge in [-0.05, 0) is 57.9 Å². The van der Waals surface area contributed by atoms with E-state index in [1.807, 2.05) is 0 Å². The molecule has 1 N–H and O–H groups in total. The minimum Gasteiger partial charge on any atom is -0.380 e. The van der Waals surface area contributed by atoms with Crippen molar-refractivity contribution in [1.82, 2.24) is 5.32 Å². The Morgan fingerprint density at radius 3 is 2.40 bits per heavy atom. The fraction of sp³-hybridized carbons (Fsp3) is 1.00. The molecular formula is C17H35NO2. The molecule has 1 saturated carbocycles. The Labute approximate surface area is 125 Å². The Balaban J connectivity index is 2.68. The van der Waals surface area contributed by atoms with E-state index in [1.165, 1.54) is 25.7 Å². The van der Waals surface area contributed by atoms with Gasteiger partial charge in [-0.1, -0.05) is 20.8 Å². The average molecular weight is 285 g/mol. The van der Waals surface area contributed by atoms with Gasteiger partial charge in [-0.25, -0.2) is 0 Å². The summed E-state index contributed by atoms with van der Waals surface area (Å²) in [5.74, 6) is 0.840. The molecule has 1 unspecified atom stereocenters. The molecule has 0 amide bonds. The first-order valence-corrected chi connectivity index (χ1v) is 8.63. The van der Waals surface area contributed by atoms with Crippen molar-refractivity contribution < 1.29 is 9.47 Å². The molecule has 0 spiro atoms. The molecule has 120 valence electrons. The maximum Gasteiger partial charge on any atom is 0.0857 e. The molecule has 1 fully saturated rings. The van der Waals surface area contributed by atoms with Crippen LogP contribution in [0.2, 0.25) is 0 Å². The molecule has 0 aromatic rings. The van der Waals surface area contributed by atoms with Crippen LogP contribution in [0.3, 0.4) is 0 Å². The minimum absolute atomic E-state index is 0.00975. The molecule has 1 aliphatic carbocycles. The first kappa shape index (κ1) is 17.9. The molecular weight excluding hydrogens is 250 g/mol. The Bertz CT molecular complexity index is 237. The highest BCUT2D eigenvalue weighted by Gasteiger charge is 2.41. The number of hydrogen-bond donors (Lipinski definition) is 1. The highest BCUT2D eigenvalue weighted by Crippen LogP contribution is 2.37. The monoisotopic (exact) mass is 285 g/mol. The van der Waals surface area contributed by atoms with Gasteiger partial charge in [0.25, 0.3) is 0 Å². The van der Waals surface area contributed by atoms with Crippen LogP contribution in [0.4, 0.5) is 0 Å². The fourth-order valence-corrected chi connectivity index (χ4v) is 3.19. The van der Waals surface area contributed by atoms with Crippen LogP contribution in [0.1, 0.15) is 66.2 Å². The Morgan fingerprint density at radius 2 is 1.85 bits per heavy atom. The SMILES string of the molecule is CCCNC(COCCC)C1(OCC)CCC(C)CC1. The summed E-state index contributed by atoms with van der Waals surface area (Å²) in [5.41, 5.74) is -0.00975. The highest BCUT2D eigenvalue weighted by molar-refractivity contribution is 4.96. The lowest BCUT2D eigenvalue weighted by molar-refractivity contribution is -0.111. The van der Waals surface area contributed by atoms with E-state index in [4.69, 9.17) is 9.47 Å². The topological polar surface area (TPSA) is 30.5 Å². The van der Waals surface area contributed by atoms with Gasteiger partial charge in [-0.15, -0.1) is 0 Å². The molecule has 0 saturated heterocycles. The van der Waals surface area contributed by atoms with Crippen LogP contribution in [0.25, 0.3) is 0 Å². The third-order valence-electron chi connectivity index (χ3n) is 4.46. The minimum atomic E-state index is -0.00975. The van der Waals surface area contributed by atoms with Crippen molar-refractivity contribution >= 4 is 0 Å². The summed E-state index contributed by atoms with van der Waals surface area (Å²) in [7, 11) is 0. The van der Waals surface area contributed by atoms with Crippen LogP contribution >= 0.6 is 0 Å². The van der Waals surface area contributed by atoms with Gasteiger partial charge >= 0.3 is 0 Å². The molecule has 0 aromatic heterocycles. The van der Waals surface area contributed by atoms with Crippen molar-refractivity contribution in [3.8, 4) is 0 Å². The van der Waals surface area contributed by atoms with E-state index in [0.29, 0.717) is 6.04 Å². The molecule has 1 rings (SSSR count). The quantitative estimate of drug-likeness (QED) is 0.620. The second-order valence-corrected chi connectivity index (χ2v) is 6.26. The van der Waals surface area contributed by atoms with Crippen molar-refractivity contribution in [2.75, 3.05) is 26.4 Å². The Morgan fingerprint density at radius 1 is 1.15 bits per heavy atom.